The number of hydrogen-bond donors (Lipinski definition) is 1. The van der Waals surface area contributed by atoms with Crippen molar-refractivity contribution in [2.45, 2.75) is 52.6 Å². The van der Waals surface area contributed by atoms with E-state index in [1.165, 1.54) is 22.5 Å². The van der Waals surface area contributed by atoms with Gasteiger partial charge in [-0.25, -0.2) is 0 Å². The lowest BCUT2D eigenvalue weighted by molar-refractivity contribution is 0.274. The highest BCUT2D eigenvalue weighted by Crippen LogP contribution is 2.42. The predicted octanol–water partition coefficient (Wildman–Crippen LogP) is 3.77. The van der Waals surface area contributed by atoms with E-state index in [4.69, 9.17) is 5.73 Å². The molecule has 0 aliphatic heterocycles. The first-order chi connectivity index (χ1) is 9.89. The highest BCUT2D eigenvalue weighted by molar-refractivity contribution is 5.36. The van der Waals surface area contributed by atoms with E-state index in [1.807, 2.05) is 18.5 Å². The second-order valence-electron chi connectivity index (χ2n) is 7.17. The van der Waals surface area contributed by atoms with Crippen LogP contribution in [0.4, 0.5) is 0 Å². The van der Waals surface area contributed by atoms with Crippen LogP contribution in [0.5, 0.6) is 0 Å². The van der Waals surface area contributed by atoms with Gasteiger partial charge >= 0.3 is 0 Å². The standard InChI is InChI=1S/C18H25N3/c1-12-8-15-16(19)9-18(3,4)10-17(15)21(12)13(2)14-6-5-7-20-11-14/h5-8,11,13,16H,9-10,19H2,1-4H3. The quantitative estimate of drug-likeness (QED) is 0.911. The number of pyridine rings is 1. The molecule has 0 bridgehead atoms. The van der Waals surface area contributed by atoms with E-state index >= 15 is 0 Å². The Balaban J connectivity index is 2.08. The van der Waals surface area contributed by atoms with Crippen molar-refractivity contribution in [2.75, 3.05) is 0 Å². The van der Waals surface area contributed by atoms with Crippen molar-refractivity contribution in [3.63, 3.8) is 0 Å². The lowest BCUT2D eigenvalue weighted by Gasteiger charge is -2.35. The van der Waals surface area contributed by atoms with Gasteiger partial charge in [-0.15, -0.1) is 0 Å². The van der Waals surface area contributed by atoms with Crippen LogP contribution in [0.2, 0.25) is 0 Å². The molecule has 0 radical (unpaired) electrons. The number of nitrogens with zero attached hydrogens (tertiary/aromatic N) is 2. The summed E-state index contributed by atoms with van der Waals surface area (Å²) in [5.41, 5.74) is 12.0. The zero-order valence-corrected chi connectivity index (χ0v) is 13.4. The van der Waals surface area contributed by atoms with Gasteiger partial charge in [-0.05, 0) is 55.4 Å². The Labute approximate surface area is 127 Å². The van der Waals surface area contributed by atoms with E-state index in [0.717, 1.165) is 12.8 Å². The third-order valence-electron chi connectivity index (χ3n) is 4.74. The molecule has 3 heteroatoms. The van der Waals surface area contributed by atoms with Crippen LogP contribution in [-0.4, -0.2) is 9.55 Å². The molecule has 1 aliphatic carbocycles. The smallest absolute Gasteiger partial charge is 0.0572 e. The molecule has 3 rings (SSSR count). The molecule has 2 aromatic rings. The minimum absolute atomic E-state index is 0.157. The summed E-state index contributed by atoms with van der Waals surface area (Å²) in [4.78, 5) is 4.26. The Morgan fingerprint density at radius 2 is 2.19 bits per heavy atom. The van der Waals surface area contributed by atoms with Gasteiger partial charge < -0.3 is 10.3 Å². The van der Waals surface area contributed by atoms with E-state index < -0.39 is 0 Å². The highest BCUT2D eigenvalue weighted by atomic mass is 15.0. The minimum atomic E-state index is 0.157. The molecule has 0 aromatic carbocycles. The molecule has 0 saturated carbocycles. The summed E-state index contributed by atoms with van der Waals surface area (Å²) in [5, 5.41) is 0. The van der Waals surface area contributed by atoms with Crippen molar-refractivity contribution in [1.29, 1.82) is 0 Å². The van der Waals surface area contributed by atoms with Gasteiger partial charge in [0.05, 0.1) is 6.04 Å². The number of fused-ring (bicyclic) bond motifs is 1. The van der Waals surface area contributed by atoms with Crippen LogP contribution in [-0.2, 0) is 6.42 Å². The van der Waals surface area contributed by atoms with Crippen molar-refractivity contribution >= 4 is 0 Å². The van der Waals surface area contributed by atoms with Crippen molar-refractivity contribution < 1.29 is 0 Å². The molecule has 2 heterocycles. The zero-order chi connectivity index (χ0) is 15.2. The Hall–Kier alpha value is -1.61. The number of nitrogens with two attached hydrogens (primary N) is 1. The Bertz CT molecular complexity index is 640. The zero-order valence-electron chi connectivity index (χ0n) is 13.4. The average molecular weight is 283 g/mol. The third-order valence-corrected chi connectivity index (χ3v) is 4.74. The minimum Gasteiger partial charge on any atom is -0.341 e. The van der Waals surface area contributed by atoms with Gasteiger partial charge in [-0.1, -0.05) is 19.9 Å². The van der Waals surface area contributed by atoms with E-state index in [1.54, 1.807) is 0 Å². The first-order valence-electron chi connectivity index (χ1n) is 7.75. The highest BCUT2D eigenvalue weighted by Gasteiger charge is 2.34. The maximum absolute atomic E-state index is 6.42. The largest absolute Gasteiger partial charge is 0.341 e. The van der Waals surface area contributed by atoms with Gasteiger partial charge in [0.1, 0.15) is 0 Å². The summed E-state index contributed by atoms with van der Waals surface area (Å²) in [6.07, 6.45) is 5.94. The van der Waals surface area contributed by atoms with Gasteiger partial charge in [-0.2, -0.15) is 0 Å². The summed E-state index contributed by atoms with van der Waals surface area (Å²) in [7, 11) is 0. The first-order valence-corrected chi connectivity index (χ1v) is 7.75. The second-order valence-corrected chi connectivity index (χ2v) is 7.17. The van der Waals surface area contributed by atoms with Gasteiger partial charge in [0, 0.05) is 29.8 Å². The SMILES string of the molecule is Cc1cc2c(n1C(C)c1cccnc1)CC(C)(C)CC2N. The number of aryl methyl sites for hydroxylation is 1. The molecule has 0 fully saturated rings. The van der Waals surface area contributed by atoms with Crippen molar-refractivity contribution in [1.82, 2.24) is 9.55 Å². The van der Waals surface area contributed by atoms with Crippen LogP contribution in [0.1, 0.15) is 61.8 Å². The summed E-state index contributed by atoms with van der Waals surface area (Å²) < 4.78 is 2.45. The van der Waals surface area contributed by atoms with Crippen LogP contribution >= 0.6 is 0 Å². The van der Waals surface area contributed by atoms with E-state index in [-0.39, 0.29) is 11.5 Å². The topological polar surface area (TPSA) is 43.8 Å². The van der Waals surface area contributed by atoms with Crippen LogP contribution in [0.15, 0.2) is 30.6 Å². The van der Waals surface area contributed by atoms with Crippen molar-refractivity contribution in [3.05, 3.63) is 53.1 Å². The molecule has 2 N–H and O–H groups in total. The van der Waals surface area contributed by atoms with Gasteiger partial charge in [0.25, 0.3) is 0 Å². The van der Waals surface area contributed by atoms with E-state index in [2.05, 4.69) is 49.4 Å². The van der Waals surface area contributed by atoms with E-state index in [9.17, 15) is 0 Å². The molecule has 3 nitrogen and oxygen atoms in total. The first kappa shape index (κ1) is 14.3. The van der Waals surface area contributed by atoms with Gasteiger partial charge in [0.15, 0.2) is 0 Å². The maximum Gasteiger partial charge on any atom is 0.0572 e. The molecule has 21 heavy (non-hydrogen) atoms. The average Bonchev–Trinajstić information content (AvgIpc) is 2.74. The van der Waals surface area contributed by atoms with Crippen LogP contribution in [0, 0.1) is 12.3 Å². The molecule has 0 spiro atoms. The van der Waals surface area contributed by atoms with Crippen LogP contribution in [0.3, 0.4) is 0 Å². The van der Waals surface area contributed by atoms with Gasteiger partial charge in [-0.3, -0.25) is 4.98 Å². The third kappa shape index (κ3) is 2.51. The lowest BCUT2D eigenvalue weighted by atomic mass is 9.74. The number of rotatable bonds is 2. The molecule has 2 unspecified atom stereocenters. The molecule has 0 amide bonds. The number of hydrogen-bond acceptors (Lipinski definition) is 2. The fraction of sp³-hybridized carbons (Fsp3) is 0.500. The Kier molecular flexibility index (Phi) is 3.40. The summed E-state index contributed by atoms with van der Waals surface area (Å²) >= 11 is 0. The van der Waals surface area contributed by atoms with Crippen molar-refractivity contribution in [3.8, 4) is 0 Å². The lowest BCUT2D eigenvalue weighted by Crippen LogP contribution is -2.31. The maximum atomic E-state index is 6.42. The molecule has 2 aromatic heterocycles. The number of aromatic nitrogens is 2. The fourth-order valence-electron chi connectivity index (χ4n) is 3.78. The molecular weight excluding hydrogens is 258 g/mol. The summed E-state index contributed by atoms with van der Waals surface area (Å²) in [6, 6.07) is 6.89. The van der Waals surface area contributed by atoms with E-state index in [0.29, 0.717) is 6.04 Å². The monoisotopic (exact) mass is 283 g/mol. The van der Waals surface area contributed by atoms with Crippen LogP contribution < -0.4 is 5.73 Å². The summed E-state index contributed by atoms with van der Waals surface area (Å²) in [6.45, 7) is 9.07. The second kappa shape index (κ2) is 4.99. The molecule has 112 valence electrons. The van der Waals surface area contributed by atoms with Crippen molar-refractivity contribution in [2.24, 2.45) is 11.1 Å². The molecule has 2 atom stereocenters. The van der Waals surface area contributed by atoms with Crippen LogP contribution in [0.25, 0.3) is 0 Å². The normalized spacial score (nSPS) is 21.9. The fourth-order valence-corrected chi connectivity index (χ4v) is 3.78. The Morgan fingerprint density at radius 1 is 1.43 bits per heavy atom. The molecule has 0 saturated heterocycles. The summed E-state index contributed by atoms with van der Waals surface area (Å²) in [5.74, 6) is 0. The predicted molar refractivity (Wildman–Crippen MR) is 86.2 cm³/mol. The molecular formula is C18H25N3. The molecule has 1 aliphatic rings. The van der Waals surface area contributed by atoms with Gasteiger partial charge in [0.2, 0.25) is 0 Å². The Morgan fingerprint density at radius 3 is 2.86 bits per heavy atom.